The van der Waals surface area contributed by atoms with Crippen LogP contribution in [-0.2, 0) is 5.41 Å². The fraction of sp³-hybridized carbons (Fsp3) is 0.462. The first-order valence-corrected chi connectivity index (χ1v) is 5.64. The van der Waals surface area contributed by atoms with Gasteiger partial charge < -0.3 is 5.73 Å². The van der Waals surface area contributed by atoms with E-state index in [0.29, 0.717) is 0 Å². The smallest absolute Gasteiger partial charge is 0.0927 e. The summed E-state index contributed by atoms with van der Waals surface area (Å²) in [6.07, 6.45) is 0. The SMILES string of the molecule is CC(N)c1cccc2n[nH]c(C(C)(C)C)c12. The minimum Gasteiger partial charge on any atom is -0.324 e. The predicted octanol–water partition coefficient (Wildman–Crippen LogP) is 2.88. The van der Waals surface area contributed by atoms with Crippen molar-refractivity contribution in [2.45, 2.75) is 39.2 Å². The minimum absolute atomic E-state index is 0.0300. The van der Waals surface area contributed by atoms with Crippen LogP contribution in [0, 0.1) is 0 Å². The average Bonchev–Trinajstić information content (AvgIpc) is 2.59. The molecule has 0 spiro atoms. The monoisotopic (exact) mass is 217 g/mol. The summed E-state index contributed by atoms with van der Waals surface area (Å²) in [5, 5.41) is 8.68. The zero-order valence-electron chi connectivity index (χ0n) is 10.3. The number of fused-ring (bicyclic) bond motifs is 1. The van der Waals surface area contributed by atoms with Crippen LogP contribution in [0.2, 0.25) is 0 Å². The average molecular weight is 217 g/mol. The number of nitrogens with zero attached hydrogens (tertiary/aromatic N) is 1. The maximum absolute atomic E-state index is 6.01. The van der Waals surface area contributed by atoms with Crippen molar-refractivity contribution in [3.05, 3.63) is 29.5 Å². The Hall–Kier alpha value is -1.35. The van der Waals surface area contributed by atoms with E-state index in [1.165, 1.54) is 5.39 Å². The number of aromatic nitrogens is 2. The molecule has 0 aliphatic heterocycles. The van der Waals surface area contributed by atoms with Crippen LogP contribution in [0.4, 0.5) is 0 Å². The lowest BCUT2D eigenvalue weighted by Crippen LogP contribution is -2.14. The van der Waals surface area contributed by atoms with E-state index >= 15 is 0 Å². The van der Waals surface area contributed by atoms with Crippen LogP contribution in [-0.4, -0.2) is 10.2 Å². The van der Waals surface area contributed by atoms with Crippen molar-refractivity contribution in [1.82, 2.24) is 10.2 Å². The van der Waals surface area contributed by atoms with E-state index in [1.807, 2.05) is 19.1 Å². The van der Waals surface area contributed by atoms with Crippen LogP contribution in [0.5, 0.6) is 0 Å². The lowest BCUT2D eigenvalue weighted by Gasteiger charge is -2.18. The van der Waals surface area contributed by atoms with Crippen LogP contribution in [0.1, 0.15) is 45.0 Å². The number of aromatic amines is 1. The predicted molar refractivity (Wildman–Crippen MR) is 67.4 cm³/mol. The molecule has 0 saturated carbocycles. The first-order chi connectivity index (χ1) is 7.41. The number of nitrogens with one attached hydrogen (secondary N) is 1. The second kappa shape index (κ2) is 3.59. The summed E-state index contributed by atoms with van der Waals surface area (Å²) >= 11 is 0. The van der Waals surface area contributed by atoms with Crippen molar-refractivity contribution in [2.24, 2.45) is 5.73 Å². The molecule has 3 N–H and O–H groups in total. The minimum atomic E-state index is 0.0300. The third kappa shape index (κ3) is 1.71. The fourth-order valence-corrected chi connectivity index (χ4v) is 2.02. The molecule has 1 aromatic carbocycles. The first-order valence-electron chi connectivity index (χ1n) is 5.64. The second-order valence-electron chi connectivity index (χ2n) is 5.38. The number of nitrogens with two attached hydrogens (primary N) is 1. The lowest BCUT2D eigenvalue weighted by atomic mass is 9.87. The highest BCUT2D eigenvalue weighted by molar-refractivity contribution is 5.86. The molecule has 1 atom stereocenters. The van der Waals surface area contributed by atoms with Gasteiger partial charge in [-0.15, -0.1) is 0 Å². The van der Waals surface area contributed by atoms with Gasteiger partial charge in [0.1, 0.15) is 0 Å². The Balaban J connectivity index is 2.78. The van der Waals surface area contributed by atoms with Crippen LogP contribution in [0.25, 0.3) is 10.9 Å². The van der Waals surface area contributed by atoms with Gasteiger partial charge >= 0.3 is 0 Å². The molecule has 2 rings (SSSR count). The van der Waals surface area contributed by atoms with Crippen molar-refractivity contribution < 1.29 is 0 Å². The van der Waals surface area contributed by atoms with Gasteiger partial charge in [-0.2, -0.15) is 5.10 Å². The first kappa shape index (κ1) is 11.1. The Morgan fingerprint density at radius 2 is 2.00 bits per heavy atom. The normalized spacial score (nSPS) is 14.3. The van der Waals surface area contributed by atoms with Gasteiger partial charge in [0.05, 0.1) is 5.52 Å². The molecule has 0 aliphatic carbocycles. The number of rotatable bonds is 1. The molecule has 16 heavy (non-hydrogen) atoms. The van der Waals surface area contributed by atoms with Gasteiger partial charge in [0.15, 0.2) is 0 Å². The third-order valence-corrected chi connectivity index (χ3v) is 2.85. The van der Waals surface area contributed by atoms with E-state index in [9.17, 15) is 0 Å². The van der Waals surface area contributed by atoms with Gasteiger partial charge in [0.2, 0.25) is 0 Å². The molecule has 1 unspecified atom stereocenters. The molecule has 0 radical (unpaired) electrons. The van der Waals surface area contributed by atoms with E-state index in [2.05, 4.69) is 37.0 Å². The van der Waals surface area contributed by atoms with Crippen molar-refractivity contribution in [1.29, 1.82) is 0 Å². The van der Waals surface area contributed by atoms with Gasteiger partial charge in [-0.05, 0) is 18.6 Å². The number of H-pyrrole nitrogens is 1. The number of hydrogen-bond donors (Lipinski definition) is 2. The summed E-state index contributed by atoms with van der Waals surface area (Å²) in [4.78, 5) is 0. The van der Waals surface area contributed by atoms with Gasteiger partial charge in [-0.1, -0.05) is 32.9 Å². The molecule has 0 saturated heterocycles. The fourth-order valence-electron chi connectivity index (χ4n) is 2.02. The summed E-state index contributed by atoms with van der Waals surface area (Å²) in [6.45, 7) is 8.54. The van der Waals surface area contributed by atoms with E-state index in [-0.39, 0.29) is 11.5 Å². The number of hydrogen-bond acceptors (Lipinski definition) is 2. The highest BCUT2D eigenvalue weighted by Gasteiger charge is 2.22. The Morgan fingerprint density at radius 3 is 2.56 bits per heavy atom. The van der Waals surface area contributed by atoms with Crippen molar-refractivity contribution in [3.63, 3.8) is 0 Å². The third-order valence-electron chi connectivity index (χ3n) is 2.85. The molecule has 1 heterocycles. The molecule has 0 amide bonds. The highest BCUT2D eigenvalue weighted by Crippen LogP contribution is 2.31. The quantitative estimate of drug-likeness (QED) is 0.771. The van der Waals surface area contributed by atoms with E-state index in [0.717, 1.165) is 16.8 Å². The molecule has 2 aromatic rings. The largest absolute Gasteiger partial charge is 0.324 e. The van der Waals surface area contributed by atoms with Crippen molar-refractivity contribution >= 4 is 10.9 Å². The van der Waals surface area contributed by atoms with Gasteiger partial charge in [0, 0.05) is 22.5 Å². The molecule has 0 bridgehead atoms. The Morgan fingerprint density at radius 1 is 1.31 bits per heavy atom. The molecule has 3 heteroatoms. The highest BCUT2D eigenvalue weighted by atomic mass is 15.1. The lowest BCUT2D eigenvalue weighted by molar-refractivity contribution is 0.571. The second-order valence-corrected chi connectivity index (χ2v) is 5.38. The maximum Gasteiger partial charge on any atom is 0.0927 e. The van der Waals surface area contributed by atoms with Crippen LogP contribution in [0.15, 0.2) is 18.2 Å². The standard InChI is InChI=1S/C13H19N3/c1-8(14)9-6-5-7-10-11(9)12(16-15-10)13(2,3)4/h5-8H,14H2,1-4H3,(H,15,16). The van der Waals surface area contributed by atoms with Crippen LogP contribution in [0.3, 0.4) is 0 Å². The number of benzene rings is 1. The van der Waals surface area contributed by atoms with Crippen molar-refractivity contribution in [3.8, 4) is 0 Å². The topological polar surface area (TPSA) is 54.7 Å². The summed E-state index contributed by atoms with van der Waals surface area (Å²) in [7, 11) is 0. The summed E-state index contributed by atoms with van der Waals surface area (Å²) in [5.41, 5.74) is 9.39. The molecule has 86 valence electrons. The van der Waals surface area contributed by atoms with E-state index < -0.39 is 0 Å². The molecular weight excluding hydrogens is 198 g/mol. The molecule has 0 aliphatic rings. The Kier molecular flexibility index (Phi) is 2.50. The zero-order chi connectivity index (χ0) is 11.9. The molecule has 0 fully saturated rings. The van der Waals surface area contributed by atoms with Crippen molar-refractivity contribution in [2.75, 3.05) is 0 Å². The summed E-state index contributed by atoms with van der Waals surface area (Å²) in [5.74, 6) is 0. The maximum atomic E-state index is 6.01. The molecular formula is C13H19N3. The van der Waals surface area contributed by atoms with Gasteiger partial charge in [0.25, 0.3) is 0 Å². The van der Waals surface area contributed by atoms with Crippen LogP contribution < -0.4 is 5.73 Å². The van der Waals surface area contributed by atoms with Gasteiger partial charge in [-0.3, -0.25) is 5.10 Å². The Labute approximate surface area is 96.0 Å². The molecule has 3 nitrogen and oxygen atoms in total. The van der Waals surface area contributed by atoms with E-state index in [4.69, 9.17) is 5.73 Å². The summed E-state index contributed by atoms with van der Waals surface area (Å²) < 4.78 is 0. The van der Waals surface area contributed by atoms with Crippen LogP contribution >= 0.6 is 0 Å². The zero-order valence-corrected chi connectivity index (χ0v) is 10.3. The van der Waals surface area contributed by atoms with E-state index in [1.54, 1.807) is 0 Å². The van der Waals surface area contributed by atoms with Gasteiger partial charge in [-0.25, -0.2) is 0 Å². The summed E-state index contributed by atoms with van der Waals surface area (Å²) in [6, 6.07) is 6.14. The molecule has 1 aromatic heterocycles. The Bertz CT molecular complexity index is 503.